The maximum Gasteiger partial charge on any atom is 0.193 e. The van der Waals surface area contributed by atoms with E-state index in [2.05, 4.69) is 15.9 Å². The van der Waals surface area contributed by atoms with E-state index < -0.39 is 0 Å². The fourth-order valence-corrected chi connectivity index (χ4v) is 1.90. The van der Waals surface area contributed by atoms with Gasteiger partial charge in [-0.2, -0.15) is 0 Å². The number of ether oxygens (including phenoxy) is 1. The summed E-state index contributed by atoms with van der Waals surface area (Å²) < 4.78 is 6.19. The van der Waals surface area contributed by atoms with E-state index in [0.717, 1.165) is 4.47 Å². The summed E-state index contributed by atoms with van der Waals surface area (Å²) >= 11 is 3.34. The van der Waals surface area contributed by atoms with Crippen LogP contribution in [0.1, 0.15) is 15.9 Å². The van der Waals surface area contributed by atoms with E-state index in [4.69, 9.17) is 9.84 Å². The van der Waals surface area contributed by atoms with E-state index in [1.165, 1.54) is 0 Å². The van der Waals surface area contributed by atoms with E-state index in [-0.39, 0.29) is 19.0 Å². The Bertz CT molecular complexity index is 547. The summed E-state index contributed by atoms with van der Waals surface area (Å²) in [5, 5.41) is 8.66. The summed E-state index contributed by atoms with van der Waals surface area (Å²) in [7, 11) is 0. The van der Waals surface area contributed by atoms with Gasteiger partial charge in [-0.1, -0.05) is 15.9 Å². The number of benzene rings is 2. The molecule has 0 aromatic heterocycles. The van der Waals surface area contributed by atoms with Gasteiger partial charge in [0.1, 0.15) is 12.4 Å². The van der Waals surface area contributed by atoms with Crippen LogP contribution >= 0.6 is 15.9 Å². The van der Waals surface area contributed by atoms with Gasteiger partial charge in [-0.25, -0.2) is 0 Å². The van der Waals surface area contributed by atoms with Crippen molar-refractivity contribution in [3.8, 4) is 5.75 Å². The molecule has 0 aliphatic carbocycles. The van der Waals surface area contributed by atoms with E-state index in [9.17, 15) is 4.79 Å². The molecular formula is C15H13BrO3. The molecule has 0 saturated heterocycles. The van der Waals surface area contributed by atoms with Crippen LogP contribution in [-0.2, 0) is 0 Å². The van der Waals surface area contributed by atoms with Gasteiger partial charge in [0.25, 0.3) is 0 Å². The Labute approximate surface area is 120 Å². The Morgan fingerprint density at radius 1 is 1.00 bits per heavy atom. The summed E-state index contributed by atoms with van der Waals surface area (Å²) in [6, 6.07) is 14.1. The summed E-state index contributed by atoms with van der Waals surface area (Å²) in [5.41, 5.74) is 1.26. The normalized spacial score (nSPS) is 10.2. The zero-order valence-electron chi connectivity index (χ0n) is 10.2. The number of hydrogen-bond acceptors (Lipinski definition) is 3. The second-order valence-corrected chi connectivity index (χ2v) is 4.85. The third-order valence-electron chi connectivity index (χ3n) is 2.58. The SMILES string of the molecule is O=C(c1ccc(Br)cc1)c1ccc(OCCO)cc1. The van der Waals surface area contributed by atoms with Crippen LogP contribution in [0.25, 0.3) is 0 Å². The van der Waals surface area contributed by atoms with Crippen molar-refractivity contribution in [2.45, 2.75) is 0 Å². The van der Waals surface area contributed by atoms with E-state index in [1.54, 1.807) is 36.4 Å². The zero-order valence-corrected chi connectivity index (χ0v) is 11.8. The number of halogens is 1. The number of ketones is 1. The van der Waals surface area contributed by atoms with Crippen LogP contribution in [0, 0.1) is 0 Å². The lowest BCUT2D eigenvalue weighted by Gasteiger charge is -2.05. The topological polar surface area (TPSA) is 46.5 Å². The van der Waals surface area contributed by atoms with Gasteiger partial charge in [0, 0.05) is 15.6 Å². The highest BCUT2D eigenvalue weighted by atomic mass is 79.9. The Balaban J connectivity index is 2.13. The number of aliphatic hydroxyl groups is 1. The van der Waals surface area contributed by atoms with Gasteiger partial charge in [-0.05, 0) is 48.5 Å². The smallest absolute Gasteiger partial charge is 0.193 e. The molecule has 0 aliphatic heterocycles. The van der Waals surface area contributed by atoms with Crippen LogP contribution in [0.3, 0.4) is 0 Å². The molecule has 0 radical (unpaired) electrons. The average Bonchev–Trinajstić information content (AvgIpc) is 2.46. The third-order valence-corrected chi connectivity index (χ3v) is 3.11. The van der Waals surface area contributed by atoms with Crippen molar-refractivity contribution in [2.75, 3.05) is 13.2 Å². The minimum Gasteiger partial charge on any atom is -0.491 e. The summed E-state index contributed by atoms with van der Waals surface area (Å²) in [4.78, 5) is 12.2. The first-order chi connectivity index (χ1) is 9.20. The fraction of sp³-hybridized carbons (Fsp3) is 0.133. The highest BCUT2D eigenvalue weighted by molar-refractivity contribution is 9.10. The molecule has 2 aromatic rings. The molecule has 0 amide bonds. The summed E-state index contributed by atoms with van der Waals surface area (Å²) in [6.45, 7) is 0.222. The lowest BCUT2D eigenvalue weighted by atomic mass is 10.0. The molecule has 1 N–H and O–H groups in total. The highest BCUT2D eigenvalue weighted by Gasteiger charge is 2.08. The molecule has 0 aliphatic rings. The van der Waals surface area contributed by atoms with E-state index in [1.807, 2.05) is 12.1 Å². The van der Waals surface area contributed by atoms with Crippen LogP contribution in [0.15, 0.2) is 53.0 Å². The quantitative estimate of drug-likeness (QED) is 0.861. The van der Waals surface area contributed by atoms with Gasteiger partial charge in [-0.3, -0.25) is 4.79 Å². The van der Waals surface area contributed by atoms with E-state index in [0.29, 0.717) is 16.9 Å². The minimum atomic E-state index is -0.0282. The van der Waals surface area contributed by atoms with Gasteiger partial charge < -0.3 is 9.84 Å². The fourth-order valence-electron chi connectivity index (χ4n) is 1.63. The van der Waals surface area contributed by atoms with Crippen molar-refractivity contribution < 1.29 is 14.6 Å². The number of aliphatic hydroxyl groups excluding tert-OH is 1. The standard InChI is InChI=1S/C15H13BrO3/c16-13-5-1-11(2-6-13)15(18)12-3-7-14(8-4-12)19-10-9-17/h1-8,17H,9-10H2. The summed E-state index contributed by atoms with van der Waals surface area (Å²) in [6.07, 6.45) is 0. The first-order valence-electron chi connectivity index (χ1n) is 5.84. The molecular weight excluding hydrogens is 308 g/mol. The number of carbonyl (C=O) groups excluding carboxylic acids is 1. The van der Waals surface area contributed by atoms with Crippen molar-refractivity contribution >= 4 is 21.7 Å². The van der Waals surface area contributed by atoms with Gasteiger partial charge >= 0.3 is 0 Å². The number of carbonyl (C=O) groups is 1. The highest BCUT2D eigenvalue weighted by Crippen LogP contribution is 2.17. The van der Waals surface area contributed by atoms with Crippen molar-refractivity contribution in [2.24, 2.45) is 0 Å². The molecule has 0 fully saturated rings. The Morgan fingerprint density at radius 3 is 2.05 bits per heavy atom. The predicted molar refractivity (Wildman–Crippen MR) is 76.6 cm³/mol. The number of hydrogen-bond donors (Lipinski definition) is 1. The predicted octanol–water partition coefficient (Wildman–Crippen LogP) is 3.05. The van der Waals surface area contributed by atoms with Crippen LogP contribution in [0.2, 0.25) is 0 Å². The van der Waals surface area contributed by atoms with Crippen LogP contribution in [0.5, 0.6) is 5.75 Å². The second kappa shape index (κ2) is 6.50. The van der Waals surface area contributed by atoms with E-state index >= 15 is 0 Å². The average molecular weight is 321 g/mol. The zero-order chi connectivity index (χ0) is 13.7. The van der Waals surface area contributed by atoms with Crippen LogP contribution in [-0.4, -0.2) is 24.1 Å². The van der Waals surface area contributed by atoms with Gasteiger partial charge in [-0.15, -0.1) is 0 Å². The summed E-state index contributed by atoms with van der Waals surface area (Å²) in [5.74, 6) is 0.614. The molecule has 2 aromatic carbocycles. The molecule has 0 heterocycles. The van der Waals surface area contributed by atoms with Crippen LogP contribution in [0.4, 0.5) is 0 Å². The van der Waals surface area contributed by atoms with Gasteiger partial charge in [0.2, 0.25) is 0 Å². The monoisotopic (exact) mass is 320 g/mol. The lowest BCUT2D eigenvalue weighted by Crippen LogP contribution is -2.03. The molecule has 0 bridgehead atoms. The molecule has 98 valence electrons. The molecule has 0 spiro atoms. The van der Waals surface area contributed by atoms with Crippen molar-refractivity contribution in [1.82, 2.24) is 0 Å². The molecule has 2 rings (SSSR count). The maximum absolute atomic E-state index is 12.2. The first-order valence-corrected chi connectivity index (χ1v) is 6.64. The van der Waals surface area contributed by atoms with Crippen molar-refractivity contribution in [1.29, 1.82) is 0 Å². The molecule has 4 heteroatoms. The Morgan fingerprint density at radius 2 is 1.53 bits per heavy atom. The third kappa shape index (κ3) is 3.66. The minimum absolute atomic E-state index is 0.0267. The lowest BCUT2D eigenvalue weighted by molar-refractivity contribution is 0.103. The van der Waals surface area contributed by atoms with Crippen molar-refractivity contribution in [3.05, 3.63) is 64.1 Å². The molecule has 0 saturated carbocycles. The molecule has 0 unspecified atom stereocenters. The first kappa shape index (κ1) is 13.8. The second-order valence-electron chi connectivity index (χ2n) is 3.93. The Kier molecular flexibility index (Phi) is 4.71. The van der Waals surface area contributed by atoms with Gasteiger partial charge in [0.15, 0.2) is 5.78 Å². The van der Waals surface area contributed by atoms with Crippen molar-refractivity contribution in [3.63, 3.8) is 0 Å². The molecule has 19 heavy (non-hydrogen) atoms. The number of rotatable bonds is 5. The van der Waals surface area contributed by atoms with Crippen LogP contribution < -0.4 is 4.74 Å². The maximum atomic E-state index is 12.2. The Hall–Kier alpha value is -1.65. The molecule has 0 atom stereocenters. The van der Waals surface area contributed by atoms with Gasteiger partial charge in [0.05, 0.1) is 6.61 Å². The molecule has 3 nitrogen and oxygen atoms in total. The largest absolute Gasteiger partial charge is 0.491 e.